The van der Waals surface area contributed by atoms with Crippen LogP contribution < -0.4 is 0 Å². The lowest BCUT2D eigenvalue weighted by atomic mass is 9.70. The van der Waals surface area contributed by atoms with Crippen molar-refractivity contribution in [2.24, 2.45) is 16.7 Å². The minimum Gasteiger partial charge on any atom is -0.463 e. The minimum absolute atomic E-state index is 0.0238. The number of imide groups is 1. The van der Waals surface area contributed by atoms with Crippen LogP contribution in [0, 0.1) is 16.7 Å². The summed E-state index contributed by atoms with van der Waals surface area (Å²) < 4.78 is 29.6. The highest BCUT2D eigenvalue weighted by molar-refractivity contribution is 6.21. The van der Waals surface area contributed by atoms with E-state index in [1.165, 1.54) is 20.8 Å². The molecule has 5 rings (SSSR count). The van der Waals surface area contributed by atoms with Gasteiger partial charge in [-0.15, -0.1) is 0 Å². The Labute approximate surface area is 238 Å². The lowest BCUT2D eigenvalue weighted by Gasteiger charge is -2.49. The van der Waals surface area contributed by atoms with Crippen molar-refractivity contribution in [1.29, 1.82) is 0 Å². The molecule has 0 radical (unpaired) electrons. The molecule has 2 aliphatic carbocycles. The fraction of sp³-hybridized carbons (Fsp3) is 0.633. The lowest BCUT2D eigenvalue weighted by molar-refractivity contribution is -0.304. The van der Waals surface area contributed by atoms with Crippen LogP contribution in [0.15, 0.2) is 24.3 Å². The Morgan fingerprint density at radius 2 is 1.51 bits per heavy atom. The Kier molecular flexibility index (Phi) is 7.48. The van der Waals surface area contributed by atoms with Gasteiger partial charge in [0.25, 0.3) is 11.8 Å². The van der Waals surface area contributed by atoms with Gasteiger partial charge in [-0.3, -0.25) is 28.9 Å². The highest BCUT2D eigenvalue weighted by Gasteiger charge is 2.64. The normalized spacial score (nSPS) is 35.3. The van der Waals surface area contributed by atoms with Gasteiger partial charge < -0.3 is 23.7 Å². The van der Waals surface area contributed by atoms with Gasteiger partial charge in [-0.05, 0) is 48.1 Å². The Hall–Kier alpha value is -3.31. The van der Waals surface area contributed by atoms with Crippen molar-refractivity contribution in [3.63, 3.8) is 0 Å². The largest absolute Gasteiger partial charge is 0.463 e. The molecule has 11 nitrogen and oxygen atoms in total. The Morgan fingerprint density at radius 1 is 0.927 bits per heavy atom. The van der Waals surface area contributed by atoms with Crippen LogP contribution in [0.5, 0.6) is 0 Å². The maximum atomic E-state index is 13.7. The van der Waals surface area contributed by atoms with Gasteiger partial charge in [0.1, 0.15) is 18.8 Å². The molecule has 0 spiro atoms. The molecule has 2 amide bonds. The fourth-order valence-corrected chi connectivity index (χ4v) is 7.25. The van der Waals surface area contributed by atoms with Crippen molar-refractivity contribution in [2.45, 2.75) is 97.6 Å². The third-order valence-electron chi connectivity index (χ3n) is 9.81. The molecule has 0 N–H and O–H groups in total. The first-order valence-corrected chi connectivity index (χ1v) is 14.0. The topological polar surface area (TPSA) is 135 Å². The second kappa shape index (κ2) is 10.5. The number of esters is 3. The van der Waals surface area contributed by atoms with E-state index in [1.54, 1.807) is 24.3 Å². The molecular formula is C30H37NO10. The maximum absolute atomic E-state index is 13.7. The van der Waals surface area contributed by atoms with Gasteiger partial charge in [0, 0.05) is 20.8 Å². The summed E-state index contributed by atoms with van der Waals surface area (Å²) in [5, 5.41) is 0. The summed E-state index contributed by atoms with van der Waals surface area (Å²) >= 11 is 0. The van der Waals surface area contributed by atoms with E-state index >= 15 is 0 Å². The smallest absolute Gasteiger partial charge is 0.303 e. The summed E-state index contributed by atoms with van der Waals surface area (Å²) in [4.78, 5) is 64.8. The SMILES string of the molecule is CC(=O)OC[C@H]1O[C@@H](O[C@@H]2C[C@@H]3CC[C@]2(C)C3(C)C)[C@H](N2C(=O)c3ccccc3C2=O)[C@@H](OC(C)=O)[C@@H]1OC(C)=O. The molecule has 3 fully saturated rings. The second-order valence-electron chi connectivity index (χ2n) is 12.2. The Morgan fingerprint density at radius 3 is 2.00 bits per heavy atom. The fourth-order valence-electron chi connectivity index (χ4n) is 7.25. The molecule has 11 heteroatoms. The molecule has 8 atom stereocenters. The first-order valence-electron chi connectivity index (χ1n) is 14.0. The van der Waals surface area contributed by atoms with Crippen LogP contribution in [-0.4, -0.2) is 78.0 Å². The van der Waals surface area contributed by atoms with Crippen molar-refractivity contribution in [2.75, 3.05) is 6.61 Å². The van der Waals surface area contributed by atoms with Gasteiger partial charge in [0.15, 0.2) is 18.5 Å². The molecule has 4 aliphatic rings. The predicted molar refractivity (Wildman–Crippen MR) is 141 cm³/mol. The van der Waals surface area contributed by atoms with E-state index in [9.17, 15) is 24.0 Å². The van der Waals surface area contributed by atoms with Crippen LogP contribution >= 0.6 is 0 Å². The van der Waals surface area contributed by atoms with Crippen LogP contribution in [-0.2, 0) is 38.1 Å². The van der Waals surface area contributed by atoms with Gasteiger partial charge in [0.05, 0.1) is 17.2 Å². The minimum atomic E-state index is -1.36. The standard InChI is InChI=1S/C30H37NO10/c1-15(32)37-14-21-24(38-16(2)33)25(39-17(3)34)23(31-26(35)19-9-7-8-10-20(19)27(31)36)28(40-21)41-22-13-18-11-12-30(22,6)29(18,4)5/h7-10,18,21-25,28H,11-14H2,1-6H3/t18-,21+,22+,23+,24+,25+,28-,30-/m0/s1. The lowest BCUT2D eigenvalue weighted by Crippen LogP contribution is -2.68. The zero-order valence-corrected chi connectivity index (χ0v) is 24.2. The number of carbonyl (C=O) groups is 5. The number of ether oxygens (including phenoxy) is 5. The van der Waals surface area contributed by atoms with Crippen molar-refractivity contribution >= 4 is 29.7 Å². The molecule has 2 heterocycles. The second-order valence-corrected chi connectivity index (χ2v) is 12.2. The van der Waals surface area contributed by atoms with Crippen LogP contribution in [0.4, 0.5) is 0 Å². The molecule has 0 unspecified atom stereocenters. The van der Waals surface area contributed by atoms with Gasteiger partial charge in [-0.25, -0.2) is 0 Å². The summed E-state index contributed by atoms with van der Waals surface area (Å²) in [5.41, 5.74) is 0.140. The highest BCUT2D eigenvalue weighted by Crippen LogP contribution is 2.66. The quantitative estimate of drug-likeness (QED) is 0.273. The van der Waals surface area contributed by atoms with E-state index in [4.69, 9.17) is 23.7 Å². The molecular weight excluding hydrogens is 534 g/mol. The first-order chi connectivity index (χ1) is 19.3. The number of hydrogen-bond acceptors (Lipinski definition) is 10. The van der Waals surface area contributed by atoms with Crippen molar-refractivity contribution in [1.82, 2.24) is 4.90 Å². The van der Waals surface area contributed by atoms with Crippen LogP contribution in [0.1, 0.15) is 81.5 Å². The average Bonchev–Trinajstić information content (AvgIpc) is 3.35. The molecule has 222 valence electrons. The number of carbonyl (C=O) groups excluding carboxylic acids is 5. The summed E-state index contributed by atoms with van der Waals surface area (Å²) in [7, 11) is 0. The van der Waals surface area contributed by atoms with Gasteiger partial charge in [-0.2, -0.15) is 0 Å². The summed E-state index contributed by atoms with van der Waals surface area (Å²) in [6.45, 7) is 9.85. The van der Waals surface area contributed by atoms with Crippen molar-refractivity contribution < 1.29 is 47.7 Å². The zero-order valence-electron chi connectivity index (χ0n) is 24.2. The van der Waals surface area contributed by atoms with E-state index < -0.39 is 60.4 Å². The molecule has 0 aromatic heterocycles. The number of rotatable bonds is 7. The van der Waals surface area contributed by atoms with Gasteiger partial charge in [-0.1, -0.05) is 32.9 Å². The Bertz CT molecular complexity index is 1240. The maximum Gasteiger partial charge on any atom is 0.303 e. The monoisotopic (exact) mass is 571 g/mol. The van der Waals surface area contributed by atoms with E-state index in [0.717, 1.165) is 24.2 Å². The van der Waals surface area contributed by atoms with Crippen LogP contribution in [0.2, 0.25) is 0 Å². The molecule has 41 heavy (non-hydrogen) atoms. The summed E-state index contributed by atoms with van der Waals surface area (Å²) in [6.07, 6.45) is -2.60. The third-order valence-corrected chi connectivity index (χ3v) is 9.81. The van der Waals surface area contributed by atoms with Crippen LogP contribution in [0.25, 0.3) is 0 Å². The first kappa shape index (κ1) is 29.2. The molecule has 2 bridgehead atoms. The van der Waals surface area contributed by atoms with Crippen LogP contribution in [0.3, 0.4) is 0 Å². The average molecular weight is 572 g/mol. The zero-order chi connectivity index (χ0) is 29.9. The number of hydrogen-bond donors (Lipinski definition) is 0. The van der Waals surface area contributed by atoms with E-state index in [2.05, 4.69) is 20.8 Å². The molecule has 2 aliphatic heterocycles. The van der Waals surface area contributed by atoms with Crippen molar-refractivity contribution in [3.8, 4) is 0 Å². The highest BCUT2D eigenvalue weighted by atomic mass is 16.7. The molecule has 1 saturated heterocycles. The summed E-state index contributed by atoms with van der Waals surface area (Å²) in [6, 6.07) is 5.09. The molecule has 2 saturated carbocycles. The van der Waals surface area contributed by atoms with E-state index in [1.807, 2.05) is 0 Å². The number of amides is 2. The van der Waals surface area contributed by atoms with E-state index in [0.29, 0.717) is 5.92 Å². The van der Waals surface area contributed by atoms with Gasteiger partial charge in [0.2, 0.25) is 0 Å². The summed E-state index contributed by atoms with van der Waals surface area (Å²) in [5.74, 6) is -2.84. The molecule has 1 aromatic rings. The third kappa shape index (κ3) is 4.82. The number of benzene rings is 1. The van der Waals surface area contributed by atoms with E-state index in [-0.39, 0.29) is 34.7 Å². The number of fused-ring (bicyclic) bond motifs is 3. The number of nitrogens with zero attached hydrogens (tertiary/aromatic N) is 1. The van der Waals surface area contributed by atoms with Crippen molar-refractivity contribution in [3.05, 3.63) is 35.4 Å². The molecule has 1 aromatic carbocycles. The Balaban J connectivity index is 1.59. The van der Waals surface area contributed by atoms with Gasteiger partial charge >= 0.3 is 17.9 Å². The predicted octanol–water partition coefficient (Wildman–Crippen LogP) is 3.03.